The van der Waals surface area contributed by atoms with Crippen molar-refractivity contribution >= 4 is 11.6 Å². The zero-order valence-corrected chi connectivity index (χ0v) is 7.15. The number of hydrogen-bond donors (Lipinski definition) is 2. The largest absolute Gasteiger partial charge is 0.322 e. The van der Waals surface area contributed by atoms with Crippen molar-refractivity contribution in [1.82, 2.24) is 20.4 Å². The first-order valence-corrected chi connectivity index (χ1v) is 3.90. The molecule has 2 aromatic heterocycles. The average molecular weight is 175 g/mol. The van der Waals surface area contributed by atoms with Crippen LogP contribution in [-0.4, -0.2) is 20.4 Å². The molecular formula is C8H9N5. The van der Waals surface area contributed by atoms with Gasteiger partial charge in [0, 0.05) is 6.20 Å². The number of anilines is 2. The van der Waals surface area contributed by atoms with Gasteiger partial charge in [-0.2, -0.15) is 10.3 Å². The summed E-state index contributed by atoms with van der Waals surface area (Å²) in [4.78, 5) is 4.12. The second-order valence-corrected chi connectivity index (χ2v) is 2.70. The van der Waals surface area contributed by atoms with E-state index in [2.05, 4.69) is 25.7 Å². The molecule has 2 rings (SSSR count). The Balaban J connectivity index is 2.19. The number of hydrogen-bond acceptors (Lipinski definition) is 4. The number of H-pyrrole nitrogens is 1. The van der Waals surface area contributed by atoms with Crippen molar-refractivity contribution in [2.45, 2.75) is 6.92 Å². The molecule has 0 atom stereocenters. The maximum Gasteiger partial charge on any atom is 0.173 e. The Hall–Kier alpha value is -1.91. The van der Waals surface area contributed by atoms with Gasteiger partial charge >= 0.3 is 0 Å². The lowest BCUT2D eigenvalue weighted by atomic mass is 10.3. The van der Waals surface area contributed by atoms with Crippen molar-refractivity contribution in [3.8, 4) is 0 Å². The number of pyridine rings is 1. The Kier molecular flexibility index (Phi) is 1.91. The van der Waals surface area contributed by atoms with Gasteiger partial charge in [-0.1, -0.05) is 0 Å². The lowest BCUT2D eigenvalue weighted by Gasteiger charge is -2.00. The van der Waals surface area contributed by atoms with Gasteiger partial charge in [0.05, 0.1) is 6.20 Å². The number of aromatic nitrogens is 4. The van der Waals surface area contributed by atoms with Crippen LogP contribution in [0.25, 0.3) is 0 Å². The summed E-state index contributed by atoms with van der Waals surface area (Å²) in [5, 5.41) is 13.1. The zero-order valence-electron chi connectivity index (χ0n) is 7.15. The van der Waals surface area contributed by atoms with Crippen LogP contribution in [0.4, 0.5) is 11.6 Å². The van der Waals surface area contributed by atoms with Crippen LogP contribution in [-0.2, 0) is 0 Å². The van der Waals surface area contributed by atoms with Gasteiger partial charge in [-0.05, 0) is 24.6 Å². The topological polar surface area (TPSA) is 66.5 Å². The van der Waals surface area contributed by atoms with Gasteiger partial charge in [0.2, 0.25) is 0 Å². The summed E-state index contributed by atoms with van der Waals surface area (Å²) >= 11 is 0. The lowest BCUT2D eigenvalue weighted by molar-refractivity contribution is 0.941. The predicted molar refractivity (Wildman–Crippen MR) is 48.6 cm³/mol. The first-order chi connectivity index (χ1) is 6.34. The number of nitrogens with one attached hydrogen (secondary N) is 2. The Morgan fingerprint density at radius 3 is 3.00 bits per heavy atom. The molecule has 0 spiro atoms. The molecule has 2 heterocycles. The summed E-state index contributed by atoms with van der Waals surface area (Å²) in [6.45, 7) is 2.01. The van der Waals surface area contributed by atoms with Crippen LogP contribution in [0.2, 0.25) is 0 Å². The normalized spacial score (nSPS) is 9.92. The highest BCUT2D eigenvalue weighted by Gasteiger charge is 1.97. The van der Waals surface area contributed by atoms with E-state index in [-0.39, 0.29) is 0 Å². The minimum atomic E-state index is 0.665. The monoisotopic (exact) mass is 175 g/mol. The van der Waals surface area contributed by atoms with E-state index in [1.807, 2.05) is 19.1 Å². The molecule has 5 nitrogen and oxygen atoms in total. The fourth-order valence-electron chi connectivity index (χ4n) is 0.998. The van der Waals surface area contributed by atoms with Crippen LogP contribution in [0.15, 0.2) is 24.5 Å². The van der Waals surface area contributed by atoms with Crippen molar-refractivity contribution < 1.29 is 0 Å². The van der Waals surface area contributed by atoms with Crippen LogP contribution >= 0.6 is 0 Å². The van der Waals surface area contributed by atoms with Crippen molar-refractivity contribution in [2.24, 2.45) is 0 Å². The Morgan fingerprint density at radius 1 is 1.38 bits per heavy atom. The molecule has 2 N–H and O–H groups in total. The van der Waals surface area contributed by atoms with Crippen molar-refractivity contribution in [1.29, 1.82) is 0 Å². The SMILES string of the molecule is Cc1ccnc(Nc2cn[nH]n2)c1. The summed E-state index contributed by atoms with van der Waals surface area (Å²) in [5.41, 5.74) is 1.15. The van der Waals surface area contributed by atoms with Crippen LogP contribution < -0.4 is 5.32 Å². The van der Waals surface area contributed by atoms with Crippen molar-refractivity contribution in [3.63, 3.8) is 0 Å². The standard InChI is InChI=1S/C8H9N5/c1-6-2-3-9-7(4-6)11-8-5-10-13-12-8/h2-5H,1H3,(H2,9,10,11,12,13). The molecule has 0 fully saturated rings. The number of aryl methyl sites for hydroxylation is 1. The molecule has 2 aromatic rings. The quantitative estimate of drug-likeness (QED) is 0.720. The van der Waals surface area contributed by atoms with E-state index in [1.165, 1.54) is 0 Å². The third-order valence-corrected chi connectivity index (χ3v) is 1.59. The summed E-state index contributed by atoms with van der Waals surface area (Å²) in [6, 6.07) is 3.88. The Morgan fingerprint density at radius 2 is 2.31 bits per heavy atom. The van der Waals surface area contributed by atoms with E-state index in [4.69, 9.17) is 0 Å². The molecule has 0 aliphatic carbocycles. The van der Waals surface area contributed by atoms with Crippen LogP contribution in [0.3, 0.4) is 0 Å². The van der Waals surface area contributed by atoms with Gasteiger partial charge in [-0.3, -0.25) is 0 Å². The summed E-state index contributed by atoms with van der Waals surface area (Å²) in [7, 11) is 0. The van der Waals surface area contributed by atoms with E-state index in [9.17, 15) is 0 Å². The van der Waals surface area contributed by atoms with Gasteiger partial charge in [-0.25, -0.2) is 4.98 Å². The molecule has 0 aliphatic heterocycles. The summed E-state index contributed by atoms with van der Waals surface area (Å²) < 4.78 is 0. The molecule has 5 heteroatoms. The molecule has 0 amide bonds. The number of rotatable bonds is 2. The first kappa shape index (κ1) is 7.72. The van der Waals surface area contributed by atoms with Crippen LogP contribution in [0.1, 0.15) is 5.56 Å². The van der Waals surface area contributed by atoms with Gasteiger partial charge in [0.15, 0.2) is 5.82 Å². The smallest absolute Gasteiger partial charge is 0.173 e. The maximum atomic E-state index is 4.12. The number of aromatic amines is 1. The van der Waals surface area contributed by atoms with E-state index < -0.39 is 0 Å². The molecule has 0 aromatic carbocycles. The maximum absolute atomic E-state index is 4.12. The highest BCUT2D eigenvalue weighted by Crippen LogP contribution is 2.10. The third-order valence-electron chi connectivity index (χ3n) is 1.59. The molecule has 66 valence electrons. The van der Waals surface area contributed by atoms with Crippen LogP contribution in [0.5, 0.6) is 0 Å². The molecule has 0 saturated heterocycles. The first-order valence-electron chi connectivity index (χ1n) is 3.90. The molecule has 13 heavy (non-hydrogen) atoms. The van der Waals surface area contributed by atoms with E-state index in [0.717, 1.165) is 11.4 Å². The lowest BCUT2D eigenvalue weighted by Crippen LogP contribution is -1.93. The average Bonchev–Trinajstić information content (AvgIpc) is 2.57. The predicted octanol–water partition coefficient (Wildman–Crippen LogP) is 1.25. The summed E-state index contributed by atoms with van der Waals surface area (Å²) in [6.07, 6.45) is 3.35. The van der Waals surface area contributed by atoms with E-state index in [0.29, 0.717) is 5.82 Å². The molecule has 0 saturated carbocycles. The van der Waals surface area contributed by atoms with Crippen molar-refractivity contribution in [3.05, 3.63) is 30.1 Å². The molecule has 0 aliphatic rings. The molecule has 0 bridgehead atoms. The van der Waals surface area contributed by atoms with E-state index >= 15 is 0 Å². The second kappa shape index (κ2) is 3.22. The second-order valence-electron chi connectivity index (χ2n) is 2.70. The molecular weight excluding hydrogens is 166 g/mol. The van der Waals surface area contributed by atoms with Gasteiger partial charge in [-0.15, -0.1) is 5.10 Å². The fraction of sp³-hybridized carbons (Fsp3) is 0.125. The fourth-order valence-corrected chi connectivity index (χ4v) is 0.998. The zero-order chi connectivity index (χ0) is 9.10. The summed E-state index contributed by atoms with van der Waals surface area (Å²) in [5.74, 6) is 1.44. The Bertz CT molecular complexity index is 381. The highest BCUT2D eigenvalue weighted by atomic mass is 15.4. The van der Waals surface area contributed by atoms with Gasteiger partial charge < -0.3 is 5.32 Å². The molecule has 0 radical (unpaired) electrons. The third kappa shape index (κ3) is 1.81. The minimum Gasteiger partial charge on any atom is -0.322 e. The number of nitrogens with zero attached hydrogens (tertiary/aromatic N) is 3. The molecule has 0 unspecified atom stereocenters. The Labute approximate surface area is 75.2 Å². The van der Waals surface area contributed by atoms with Gasteiger partial charge in [0.25, 0.3) is 0 Å². The van der Waals surface area contributed by atoms with Gasteiger partial charge in [0.1, 0.15) is 5.82 Å². The van der Waals surface area contributed by atoms with E-state index in [1.54, 1.807) is 12.4 Å². The highest BCUT2D eigenvalue weighted by molar-refractivity contribution is 5.50. The minimum absolute atomic E-state index is 0.665. The van der Waals surface area contributed by atoms with Crippen molar-refractivity contribution in [2.75, 3.05) is 5.32 Å². The van der Waals surface area contributed by atoms with Crippen LogP contribution in [0, 0.1) is 6.92 Å².